The third kappa shape index (κ3) is 23.6. The first kappa shape index (κ1) is 48.9. The summed E-state index contributed by atoms with van der Waals surface area (Å²) in [6.07, 6.45) is 25.0. The summed E-state index contributed by atoms with van der Waals surface area (Å²) in [6, 6.07) is -0.989. The SMILES string of the molecule is CCCCCCCC=CCCCCCCCCC(=O)NC(COC1OC(CO)C(O)C(O)C1O)C(O)C(O)CCCCCCCCCCCCCC. The van der Waals surface area contributed by atoms with Crippen molar-refractivity contribution in [3.8, 4) is 0 Å². The molecule has 0 saturated carbocycles. The van der Waals surface area contributed by atoms with Gasteiger partial charge in [0.05, 0.1) is 25.4 Å². The molecule has 0 aromatic rings. The zero-order valence-corrected chi connectivity index (χ0v) is 33.2. The number of hydrogen-bond acceptors (Lipinski definition) is 9. The van der Waals surface area contributed by atoms with Gasteiger partial charge in [0.25, 0.3) is 0 Å². The van der Waals surface area contributed by atoms with Crippen LogP contribution in [0.1, 0.15) is 187 Å². The minimum Gasteiger partial charge on any atom is -0.394 e. The quantitative estimate of drug-likeness (QED) is 0.0264. The van der Waals surface area contributed by atoms with Crippen molar-refractivity contribution >= 4 is 5.91 Å². The number of aliphatic hydroxyl groups is 6. The third-order valence-electron chi connectivity index (χ3n) is 10.5. The van der Waals surface area contributed by atoms with Gasteiger partial charge < -0.3 is 45.4 Å². The normalized spacial score (nSPS) is 22.5. The zero-order chi connectivity index (χ0) is 38.2. The summed E-state index contributed by atoms with van der Waals surface area (Å²) < 4.78 is 11.1. The molecule has 0 aromatic carbocycles. The monoisotopic (exact) mass is 744 g/mol. The molecule has 1 amide bonds. The van der Waals surface area contributed by atoms with Gasteiger partial charge in [-0.25, -0.2) is 0 Å². The van der Waals surface area contributed by atoms with E-state index < -0.39 is 55.6 Å². The Morgan fingerprint density at radius 1 is 0.654 bits per heavy atom. The van der Waals surface area contributed by atoms with Crippen molar-refractivity contribution < 1.29 is 44.9 Å². The van der Waals surface area contributed by atoms with E-state index in [9.17, 15) is 35.4 Å². The topological polar surface area (TPSA) is 169 Å². The van der Waals surface area contributed by atoms with Crippen LogP contribution in [-0.4, -0.2) is 98.7 Å². The molecular weight excluding hydrogens is 662 g/mol. The van der Waals surface area contributed by atoms with Crippen molar-refractivity contribution in [2.45, 2.75) is 236 Å². The van der Waals surface area contributed by atoms with Crippen LogP contribution in [0.2, 0.25) is 0 Å². The Labute approximate surface area is 317 Å². The molecule has 8 unspecified atom stereocenters. The van der Waals surface area contributed by atoms with Crippen molar-refractivity contribution in [1.29, 1.82) is 0 Å². The predicted molar refractivity (Wildman–Crippen MR) is 209 cm³/mol. The predicted octanol–water partition coefficient (Wildman–Crippen LogP) is 7.14. The molecule has 52 heavy (non-hydrogen) atoms. The number of amides is 1. The molecule has 308 valence electrons. The Hall–Kier alpha value is -1.11. The Kier molecular flexibility index (Phi) is 31.3. The largest absolute Gasteiger partial charge is 0.394 e. The van der Waals surface area contributed by atoms with Gasteiger partial charge in [-0.3, -0.25) is 4.79 Å². The molecule has 1 aliphatic heterocycles. The van der Waals surface area contributed by atoms with Crippen molar-refractivity contribution in [3.63, 3.8) is 0 Å². The Morgan fingerprint density at radius 3 is 1.62 bits per heavy atom. The van der Waals surface area contributed by atoms with Crippen LogP contribution < -0.4 is 5.32 Å². The number of ether oxygens (including phenoxy) is 2. The number of hydrogen-bond donors (Lipinski definition) is 7. The van der Waals surface area contributed by atoms with Gasteiger partial charge in [0.15, 0.2) is 6.29 Å². The highest BCUT2D eigenvalue weighted by molar-refractivity contribution is 5.76. The van der Waals surface area contributed by atoms with E-state index in [1.165, 1.54) is 103 Å². The Bertz CT molecular complexity index is 844. The molecule has 0 aromatic heterocycles. The van der Waals surface area contributed by atoms with Gasteiger partial charge in [0.1, 0.15) is 30.5 Å². The van der Waals surface area contributed by atoms with E-state index in [0.717, 1.165) is 51.4 Å². The van der Waals surface area contributed by atoms with Crippen LogP contribution in [0.25, 0.3) is 0 Å². The summed E-state index contributed by atoms with van der Waals surface area (Å²) in [5.74, 6) is -0.265. The van der Waals surface area contributed by atoms with E-state index in [1.54, 1.807) is 0 Å². The number of aliphatic hydroxyl groups excluding tert-OH is 6. The van der Waals surface area contributed by atoms with E-state index in [1.807, 2.05) is 0 Å². The minimum absolute atomic E-state index is 0.265. The number of nitrogens with one attached hydrogen (secondary N) is 1. The molecule has 8 atom stereocenters. The summed E-state index contributed by atoms with van der Waals surface area (Å²) in [5, 5.41) is 65.0. The highest BCUT2D eigenvalue weighted by Crippen LogP contribution is 2.23. The second kappa shape index (κ2) is 33.2. The first-order valence-electron chi connectivity index (χ1n) is 21.5. The summed E-state index contributed by atoms with van der Waals surface area (Å²) in [4.78, 5) is 12.9. The average molecular weight is 744 g/mol. The van der Waals surface area contributed by atoms with Crippen molar-refractivity contribution in [3.05, 3.63) is 12.2 Å². The molecule has 0 radical (unpaired) electrons. The lowest BCUT2D eigenvalue weighted by molar-refractivity contribution is -0.303. The summed E-state index contributed by atoms with van der Waals surface area (Å²) in [5.41, 5.74) is 0. The van der Waals surface area contributed by atoms with Gasteiger partial charge in [-0.15, -0.1) is 0 Å². The van der Waals surface area contributed by atoms with Gasteiger partial charge in [-0.1, -0.05) is 154 Å². The highest BCUT2D eigenvalue weighted by atomic mass is 16.7. The first-order valence-corrected chi connectivity index (χ1v) is 21.5. The standard InChI is InChI=1S/C42H81NO9/c1-3-5-7-9-11-13-15-17-18-19-21-23-25-27-29-31-37(46)43-34(33-51-42-41(50)40(49)39(48)36(32-44)52-42)38(47)35(45)30-28-26-24-22-20-16-14-12-10-8-6-4-2/h15,17,34-36,38-42,44-45,47-50H,3-14,16,18-33H2,1-2H3,(H,43,46). The minimum atomic E-state index is -1.60. The maximum atomic E-state index is 12.9. The molecular formula is C42H81NO9. The molecule has 1 fully saturated rings. The van der Waals surface area contributed by atoms with Crippen LogP contribution in [0.3, 0.4) is 0 Å². The molecule has 0 aliphatic carbocycles. The average Bonchev–Trinajstić information content (AvgIpc) is 3.14. The van der Waals surface area contributed by atoms with Crippen LogP contribution in [0.5, 0.6) is 0 Å². The molecule has 1 heterocycles. The number of carbonyl (C=O) groups is 1. The summed E-state index contributed by atoms with van der Waals surface area (Å²) in [6.45, 7) is 3.57. The lowest BCUT2D eigenvalue weighted by atomic mass is 9.98. The van der Waals surface area contributed by atoms with Crippen LogP contribution in [0.15, 0.2) is 12.2 Å². The lowest BCUT2D eigenvalue weighted by Crippen LogP contribution is -2.60. The zero-order valence-electron chi connectivity index (χ0n) is 33.2. The van der Waals surface area contributed by atoms with Gasteiger partial charge in [0, 0.05) is 6.42 Å². The maximum Gasteiger partial charge on any atom is 0.220 e. The molecule has 1 saturated heterocycles. The van der Waals surface area contributed by atoms with Gasteiger partial charge >= 0.3 is 0 Å². The fraction of sp³-hybridized carbons (Fsp3) is 0.929. The van der Waals surface area contributed by atoms with Crippen molar-refractivity contribution in [1.82, 2.24) is 5.32 Å². The molecule has 7 N–H and O–H groups in total. The number of unbranched alkanes of at least 4 members (excludes halogenated alkanes) is 22. The highest BCUT2D eigenvalue weighted by Gasteiger charge is 2.44. The molecule has 0 spiro atoms. The number of rotatable bonds is 35. The van der Waals surface area contributed by atoms with E-state index in [-0.39, 0.29) is 18.9 Å². The molecule has 10 nitrogen and oxygen atoms in total. The second-order valence-electron chi connectivity index (χ2n) is 15.3. The van der Waals surface area contributed by atoms with Crippen molar-refractivity contribution in [2.75, 3.05) is 13.2 Å². The van der Waals surface area contributed by atoms with E-state index in [0.29, 0.717) is 12.8 Å². The Balaban J connectivity index is 2.44. The number of allylic oxidation sites excluding steroid dienone is 2. The second-order valence-corrected chi connectivity index (χ2v) is 15.3. The number of carbonyl (C=O) groups excluding carboxylic acids is 1. The van der Waals surface area contributed by atoms with E-state index in [2.05, 4.69) is 31.3 Å². The smallest absolute Gasteiger partial charge is 0.220 e. The summed E-state index contributed by atoms with van der Waals surface area (Å²) >= 11 is 0. The molecule has 1 rings (SSSR count). The van der Waals surface area contributed by atoms with Crippen molar-refractivity contribution in [2.24, 2.45) is 0 Å². The van der Waals surface area contributed by atoms with E-state index in [4.69, 9.17) is 9.47 Å². The fourth-order valence-electron chi connectivity index (χ4n) is 6.90. The van der Waals surface area contributed by atoms with Gasteiger partial charge in [-0.2, -0.15) is 0 Å². The summed E-state index contributed by atoms with van der Waals surface area (Å²) in [7, 11) is 0. The van der Waals surface area contributed by atoms with Crippen LogP contribution in [-0.2, 0) is 14.3 Å². The molecule has 1 aliphatic rings. The fourth-order valence-corrected chi connectivity index (χ4v) is 6.90. The van der Waals surface area contributed by atoms with Crippen LogP contribution >= 0.6 is 0 Å². The van der Waals surface area contributed by atoms with Gasteiger partial charge in [0.2, 0.25) is 5.91 Å². The van der Waals surface area contributed by atoms with Gasteiger partial charge in [-0.05, 0) is 38.5 Å². The van der Waals surface area contributed by atoms with Crippen LogP contribution in [0.4, 0.5) is 0 Å². The molecule has 0 bridgehead atoms. The Morgan fingerprint density at radius 2 is 1.12 bits per heavy atom. The maximum absolute atomic E-state index is 12.9. The molecule has 10 heteroatoms. The lowest BCUT2D eigenvalue weighted by Gasteiger charge is -2.40. The van der Waals surface area contributed by atoms with E-state index >= 15 is 0 Å². The third-order valence-corrected chi connectivity index (χ3v) is 10.5. The first-order chi connectivity index (χ1) is 25.3. The van der Waals surface area contributed by atoms with Crippen LogP contribution in [0, 0.1) is 0 Å².